The Labute approximate surface area is 112 Å². The van der Waals surface area contributed by atoms with Gasteiger partial charge in [0.05, 0.1) is 0 Å². The molecule has 0 saturated carbocycles. The van der Waals surface area contributed by atoms with E-state index in [0.717, 1.165) is 23.9 Å². The number of benzene rings is 1. The first-order valence-electron chi connectivity index (χ1n) is 5.33. The summed E-state index contributed by atoms with van der Waals surface area (Å²) in [5.41, 5.74) is 0.432. The Kier molecular flexibility index (Phi) is 4.11. The van der Waals surface area contributed by atoms with Crippen LogP contribution in [0.15, 0.2) is 41.4 Å². The van der Waals surface area contributed by atoms with Crippen molar-refractivity contribution in [2.24, 2.45) is 0 Å². The van der Waals surface area contributed by atoms with Crippen molar-refractivity contribution in [3.63, 3.8) is 0 Å². The van der Waals surface area contributed by atoms with Crippen LogP contribution in [0.2, 0.25) is 0 Å². The standard InChI is InChI=1S/C13H9F2NO2S/c14-9-3-4-11(10(15)6-9)19-7-8-2-1-5-16-12(8)13(17)18/h1-6H,7H2,(H,17,18). The lowest BCUT2D eigenvalue weighted by molar-refractivity contribution is 0.0689. The van der Waals surface area contributed by atoms with Crippen LogP contribution in [0.1, 0.15) is 16.1 Å². The zero-order valence-corrected chi connectivity index (χ0v) is 10.5. The summed E-state index contributed by atoms with van der Waals surface area (Å²) >= 11 is 1.10. The average molecular weight is 281 g/mol. The van der Waals surface area contributed by atoms with Gasteiger partial charge in [-0.25, -0.2) is 18.6 Å². The Morgan fingerprint density at radius 3 is 2.79 bits per heavy atom. The summed E-state index contributed by atoms with van der Waals surface area (Å²) in [5.74, 6) is -2.19. The summed E-state index contributed by atoms with van der Waals surface area (Å²) < 4.78 is 26.2. The van der Waals surface area contributed by atoms with E-state index in [-0.39, 0.29) is 16.3 Å². The van der Waals surface area contributed by atoms with Gasteiger partial charge in [0.1, 0.15) is 11.6 Å². The SMILES string of the molecule is O=C(O)c1ncccc1CSc1ccc(F)cc1F. The Bertz CT molecular complexity index is 619. The van der Waals surface area contributed by atoms with Crippen LogP contribution in [0.25, 0.3) is 0 Å². The van der Waals surface area contributed by atoms with Crippen molar-refractivity contribution < 1.29 is 18.7 Å². The molecule has 0 saturated heterocycles. The highest BCUT2D eigenvalue weighted by Gasteiger charge is 2.12. The number of hydrogen-bond donors (Lipinski definition) is 1. The Balaban J connectivity index is 2.17. The second-order valence-corrected chi connectivity index (χ2v) is 4.70. The molecule has 19 heavy (non-hydrogen) atoms. The summed E-state index contributed by atoms with van der Waals surface area (Å²) in [6.45, 7) is 0. The molecule has 1 aromatic heterocycles. The van der Waals surface area contributed by atoms with Crippen LogP contribution in [-0.4, -0.2) is 16.1 Å². The number of pyridine rings is 1. The number of halogens is 2. The molecule has 0 unspecified atom stereocenters. The van der Waals surface area contributed by atoms with Gasteiger partial charge in [0.15, 0.2) is 5.69 Å². The lowest BCUT2D eigenvalue weighted by Crippen LogP contribution is -2.04. The van der Waals surface area contributed by atoms with Crippen molar-refractivity contribution in [1.29, 1.82) is 0 Å². The quantitative estimate of drug-likeness (QED) is 0.873. The van der Waals surface area contributed by atoms with Crippen molar-refractivity contribution in [2.75, 3.05) is 0 Å². The predicted octanol–water partition coefficient (Wildman–Crippen LogP) is 3.35. The van der Waals surface area contributed by atoms with E-state index in [1.54, 1.807) is 12.1 Å². The number of nitrogens with zero attached hydrogens (tertiary/aromatic N) is 1. The third-order valence-corrected chi connectivity index (χ3v) is 3.47. The van der Waals surface area contributed by atoms with Gasteiger partial charge in [-0.2, -0.15) is 0 Å². The molecule has 0 aliphatic rings. The van der Waals surface area contributed by atoms with Crippen LogP contribution >= 0.6 is 11.8 Å². The van der Waals surface area contributed by atoms with Crippen LogP contribution < -0.4 is 0 Å². The highest BCUT2D eigenvalue weighted by molar-refractivity contribution is 7.98. The molecule has 2 rings (SSSR count). The second-order valence-electron chi connectivity index (χ2n) is 3.68. The molecule has 0 spiro atoms. The number of aromatic carboxylic acids is 1. The van der Waals surface area contributed by atoms with Crippen LogP contribution in [0, 0.1) is 11.6 Å². The van der Waals surface area contributed by atoms with Crippen molar-refractivity contribution in [1.82, 2.24) is 4.98 Å². The highest BCUT2D eigenvalue weighted by atomic mass is 32.2. The molecule has 0 aliphatic carbocycles. The third-order valence-electron chi connectivity index (χ3n) is 2.37. The van der Waals surface area contributed by atoms with Crippen LogP contribution in [0.5, 0.6) is 0 Å². The van der Waals surface area contributed by atoms with Gasteiger partial charge in [-0.05, 0) is 23.8 Å². The van der Waals surface area contributed by atoms with E-state index in [2.05, 4.69) is 4.98 Å². The molecule has 1 heterocycles. The molecular formula is C13H9F2NO2S. The fraction of sp³-hybridized carbons (Fsp3) is 0.0769. The molecular weight excluding hydrogens is 272 g/mol. The predicted molar refractivity (Wildman–Crippen MR) is 67.1 cm³/mol. The van der Waals surface area contributed by atoms with Crippen molar-refractivity contribution in [3.8, 4) is 0 Å². The molecule has 0 amide bonds. The molecule has 1 N–H and O–H groups in total. The molecule has 0 aliphatic heterocycles. The van der Waals surface area contributed by atoms with Crippen molar-refractivity contribution >= 4 is 17.7 Å². The lowest BCUT2D eigenvalue weighted by Gasteiger charge is -2.05. The largest absolute Gasteiger partial charge is 0.477 e. The summed E-state index contributed by atoms with van der Waals surface area (Å²) in [6, 6.07) is 6.51. The first-order chi connectivity index (χ1) is 9.08. The summed E-state index contributed by atoms with van der Waals surface area (Å²) in [7, 11) is 0. The van der Waals surface area contributed by atoms with E-state index in [4.69, 9.17) is 5.11 Å². The van der Waals surface area contributed by atoms with Crippen molar-refractivity contribution in [3.05, 3.63) is 59.4 Å². The van der Waals surface area contributed by atoms with Gasteiger partial charge in [0, 0.05) is 22.9 Å². The minimum Gasteiger partial charge on any atom is -0.477 e. The maximum Gasteiger partial charge on any atom is 0.354 e. The molecule has 2 aromatic rings. The maximum atomic E-state index is 13.4. The van der Waals surface area contributed by atoms with Gasteiger partial charge in [0.25, 0.3) is 0 Å². The summed E-state index contributed by atoms with van der Waals surface area (Å²) in [5, 5.41) is 8.96. The lowest BCUT2D eigenvalue weighted by atomic mass is 10.2. The molecule has 6 heteroatoms. The van der Waals surface area contributed by atoms with Crippen LogP contribution in [-0.2, 0) is 5.75 Å². The van der Waals surface area contributed by atoms with Crippen LogP contribution in [0.4, 0.5) is 8.78 Å². The van der Waals surface area contributed by atoms with Crippen LogP contribution in [0.3, 0.4) is 0 Å². The fourth-order valence-corrected chi connectivity index (χ4v) is 2.40. The van der Waals surface area contributed by atoms with Gasteiger partial charge in [-0.1, -0.05) is 6.07 Å². The van der Waals surface area contributed by atoms with Gasteiger partial charge < -0.3 is 5.11 Å². The number of aromatic nitrogens is 1. The smallest absolute Gasteiger partial charge is 0.354 e. The second kappa shape index (κ2) is 5.79. The maximum absolute atomic E-state index is 13.4. The number of hydrogen-bond acceptors (Lipinski definition) is 3. The summed E-state index contributed by atoms with van der Waals surface area (Å²) in [6.07, 6.45) is 1.39. The normalized spacial score (nSPS) is 10.4. The van der Waals surface area contributed by atoms with E-state index in [1.165, 1.54) is 12.3 Å². The Hall–Kier alpha value is -1.95. The minimum absolute atomic E-state index is 0.0579. The zero-order valence-electron chi connectivity index (χ0n) is 9.64. The molecule has 1 aromatic carbocycles. The number of carboxylic acids is 1. The highest BCUT2D eigenvalue weighted by Crippen LogP contribution is 2.26. The van der Waals surface area contributed by atoms with Gasteiger partial charge in [-0.3, -0.25) is 0 Å². The van der Waals surface area contributed by atoms with E-state index < -0.39 is 17.6 Å². The van der Waals surface area contributed by atoms with Crippen molar-refractivity contribution in [2.45, 2.75) is 10.6 Å². The van der Waals surface area contributed by atoms with Gasteiger partial charge in [-0.15, -0.1) is 11.8 Å². The first kappa shape index (κ1) is 13.5. The monoisotopic (exact) mass is 281 g/mol. The van der Waals surface area contributed by atoms with E-state index in [1.807, 2.05) is 0 Å². The van der Waals surface area contributed by atoms with Gasteiger partial charge >= 0.3 is 5.97 Å². The Morgan fingerprint density at radius 2 is 2.11 bits per heavy atom. The van der Waals surface area contributed by atoms with E-state index >= 15 is 0 Å². The number of carbonyl (C=O) groups is 1. The molecule has 0 fully saturated rings. The number of rotatable bonds is 4. The summed E-state index contributed by atoms with van der Waals surface area (Å²) in [4.78, 5) is 15.0. The molecule has 98 valence electrons. The number of carboxylic acid groups (broad SMARTS) is 1. The minimum atomic E-state index is -1.13. The number of thioether (sulfide) groups is 1. The third kappa shape index (κ3) is 3.29. The molecule has 3 nitrogen and oxygen atoms in total. The van der Waals surface area contributed by atoms with E-state index in [0.29, 0.717) is 5.56 Å². The Morgan fingerprint density at radius 1 is 1.32 bits per heavy atom. The topological polar surface area (TPSA) is 50.2 Å². The average Bonchev–Trinajstić information content (AvgIpc) is 2.38. The molecule has 0 atom stereocenters. The zero-order chi connectivity index (χ0) is 13.8. The molecule has 0 radical (unpaired) electrons. The fourth-order valence-electron chi connectivity index (χ4n) is 1.50. The molecule has 0 bridgehead atoms. The van der Waals surface area contributed by atoms with E-state index in [9.17, 15) is 13.6 Å². The van der Waals surface area contributed by atoms with Gasteiger partial charge in [0.2, 0.25) is 0 Å². The first-order valence-corrected chi connectivity index (χ1v) is 6.31.